The second-order valence-electron chi connectivity index (χ2n) is 1.75. The molecule has 0 amide bonds. The molecule has 0 bridgehead atoms. The summed E-state index contributed by atoms with van der Waals surface area (Å²) in [6.07, 6.45) is 0.985. The maximum Gasteiger partial charge on any atom is 0.0260 e. The fourth-order valence-electron chi connectivity index (χ4n) is 0.314. The molecule has 0 saturated carbocycles. The van der Waals surface area contributed by atoms with Crippen LogP contribution in [0.15, 0.2) is 10.1 Å². The molecule has 0 saturated heterocycles. The summed E-state index contributed by atoms with van der Waals surface area (Å²) in [5, 5.41) is 0. The van der Waals surface area contributed by atoms with Gasteiger partial charge in [0.25, 0.3) is 0 Å². The molecule has 0 aromatic rings. The van der Waals surface area contributed by atoms with E-state index in [-0.39, 0.29) is 0 Å². The van der Waals surface area contributed by atoms with Gasteiger partial charge in [-0.1, -0.05) is 21.5 Å². The van der Waals surface area contributed by atoms with Crippen molar-refractivity contribution in [1.29, 1.82) is 0 Å². The van der Waals surface area contributed by atoms with Crippen molar-refractivity contribution in [3.63, 3.8) is 0 Å². The van der Waals surface area contributed by atoms with Crippen molar-refractivity contribution in [1.82, 2.24) is 0 Å². The minimum Gasteiger partial charge on any atom is -0.126 e. The lowest BCUT2D eigenvalue weighted by Crippen LogP contribution is -1.78. The van der Waals surface area contributed by atoms with E-state index in [1.54, 1.807) is 0 Å². The topological polar surface area (TPSA) is 0 Å². The third kappa shape index (κ3) is 3.50. The first-order chi connectivity index (χ1) is 3.68. The second kappa shape index (κ2) is 4.39. The molecule has 0 aliphatic carbocycles. The zero-order chi connectivity index (χ0) is 6.57. The number of halogens is 2. The van der Waals surface area contributed by atoms with Crippen LogP contribution in [0.2, 0.25) is 0 Å². The van der Waals surface area contributed by atoms with Crippen LogP contribution in [-0.2, 0) is 0 Å². The number of alkyl halides is 1. The lowest BCUT2D eigenvalue weighted by Gasteiger charge is -1.95. The SMILES string of the molecule is CC(Br)=C(C)CCCl. The average Bonchev–Trinajstić information content (AvgIpc) is 1.67. The van der Waals surface area contributed by atoms with Gasteiger partial charge in [0.05, 0.1) is 0 Å². The highest BCUT2D eigenvalue weighted by atomic mass is 79.9. The van der Waals surface area contributed by atoms with Crippen LogP contribution in [0.25, 0.3) is 0 Å². The molecule has 48 valence electrons. The molecule has 0 aliphatic heterocycles. The van der Waals surface area contributed by atoms with Crippen molar-refractivity contribution < 1.29 is 0 Å². The summed E-state index contributed by atoms with van der Waals surface area (Å²) in [7, 11) is 0. The molecular weight excluding hydrogens is 187 g/mol. The Morgan fingerprint density at radius 1 is 1.50 bits per heavy atom. The fourth-order valence-corrected chi connectivity index (χ4v) is 0.796. The van der Waals surface area contributed by atoms with Crippen LogP contribution in [-0.4, -0.2) is 5.88 Å². The molecule has 0 atom stereocenters. The van der Waals surface area contributed by atoms with Crippen LogP contribution < -0.4 is 0 Å². The van der Waals surface area contributed by atoms with E-state index < -0.39 is 0 Å². The minimum absolute atomic E-state index is 0.717. The van der Waals surface area contributed by atoms with Crippen molar-refractivity contribution >= 4 is 27.5 Å². The predicted octanol–water partition coefficient (Wildman–Crippen LogP) is 3.30. The molecule has 0 aliphatic rings. The summed E-state index contributed by atoms with van der Waals surface area (Å²) < 4.78 is 1.21. The highest BCUT2D eigenvalue weighted by Gasteiger charge is 1.89. The third-order valence-corrected chi connectivity index (χ3v) is 1.92. The van der Waals surface area contributed by atoms with Gasteiger partial charge in [0.15, 0.2) is 0 Å². The molecule has 0 radical (unpaired) electrons. The first kappa shape index (κ1) is 8.51. The van der Waals surface area contributed by atoms with Crippen LogP contribution in [0, 0.1) is 0 Å². The minimum atomic E-state index is 0.717. The van der Waals surface area contributed by atoms with E-state index >= 15 is 0 Å². The van der Waals surface area contributed by atoms with Gasteiger partial charge in [-0.15, -0.1) is 11.6 Å². The number of allylic oxidation sites excluding steroid dienone is 2. The zero-order valence-corrected chi connectivity index (χ0v) is 7.51. The summed E-state index contributed by atoms with van der Waals surface area (Å²) in [4.78, 5) is 0. The Balaban J connectivity index is 3.62. The Kier molecular flexibility index (Phi) is 4.68. The van der Waals surface area contributed by atoms with Crippen LogP contribution in [0.1, 0.15) is 20.3 Å². The van der Waals surface area contributed by atoms with E-state index in [1.807, 2.05) is 6.92 Å². The molecule has 0 fully saturated rings. The molecule has 0 rings (SSSR count). The molecule has 0 aromatic heterocycles. The summed E-state index contributed by atoms with van der Waals surface area (Å²) in [6, 6.07) is 0. The van der Waals surface area contributed by atoms with Gasteiger partial charge in [-0.2, -0.15) is 0 Å². The van der Waals surface area contributed by atoms with Crippen molar-refractivity contribution in [3.05, 3.63) is 10.1 Å². The third-order valence-electron chi connectivity index (χ3n) is 1.06. The Hall–Kier alpha value is 0.510. The molecule has 0 spiro atoms. The second-order valence-corrected chi connectivity index (χ2v) is 3.32. The van der Waals surface area contributed by atoms with E-state index in [1.165, 1.54) is 10.1 Å². The average molecular weight is 198 g/mol. The van der Waals surface area contributed by atoms with Gasteiger partial charge < -0.3 is 0 Å². The number of rotatable bonds is 2. The number of hydrogen-bond donors (Lipinski definition) is 0. The summed E-state index contributed by atoms with van der Waals surface area (Å²) >= 11 is 8.85. The highest BCUT2D eigenvalue weighted by molar-refractivity contribution is 9.11. The molecule has 0 nitrogen and oxygen atoms in total. The maximum atomic E-state index is 5.49. The molecule has 0 aromatic carbocycles. The molecule has 2 heteroatoms. The van der Waals surface area contributed by atoms with E-state index in [0.29, 0.717) is 0 Å². The number of hydrogen-bond acceptors (Lipinski definition) is 0. The molecule has 0 heterocycles. The van der Waals surface area contributed by atoms with Crippen molar-refractivity contribution in [2.45, 2.75) is 20.3 Å². The summed E-state index contributed by atoms with van der Waals surface area (Å²) in [5.74, 6) is 0.717. The van der Waals surface area contributed by atoms with E-state index in [2.05, 4.69) is 22.9 Å². The van der Waals surface area contributed by atoms with Crippen LogP contribution in [0.3, 0.4) is 0 Å². The largest absolute Gasteiger partial charge is 0.126 e. The van der Waals surface area contributed by atoms with Gasteiger partial charge in [0.2, 0.25) is 0 Å². The first-order valence-electron chi connectivity index (χ1n) is 2.56. The monoisotopic (exact) mass is 196 g/mol. The Labute approximate surface area is 64.0 Å². The Morgan fingerprint density at radius 2 is 2.00 bits per heavy atom. The smallest absolute Gasteiger partial charge is 0.0260 e. The molecular formula is C6H10BrCl. The van der Waals surface area contributed by atoms with Crippen molar-refractivity contribution in [3.8, 4) is 0 Å². The Bertz CT molecular complexity index is 92.7. The molecule has 0 unspecified atom stereocenters. The molecule has 0 N–H and O–H groups in total. The van der Waals surface area contributed by atoms with Gasteiger partial charge in [-0.25, -0.2) is 0 Å². The van der Waals surface area contributed by atoms with Crippen LogP contribution >= 0.6 is 27.5 Å². The normalized spacial score (nSPS) is 13.5. The fraction of sp³-hybridized carbons (Fsp3) is 0.667. The quantitative estimate of drug-likeness (QED) is 0.596. The lowest BCUT2D eigenvalue weighted by atomic mass is 10.2. The first-order valence-corrected chi connectivity index (χ1v) is 3.89. The van der Waals surface area contributed by atoms with E-state index in [4.69, 9.17) is 11.6 Å². The van der Waals surface area contributed by atoms with Gasteiger partial charge in [0.1, 0.15) is 0 Å². The van der Waals surface area contributed by atoms with Gasteiger partial charge in [-0.3, -0.25) is 0 Å². The van der Waals surface area contributed by atoms with E-state index in [9.17, 15) is 0 Å². The van der Waals surface area contributed by atoms with Crippen LogP contribution in [0.5, 0.6) is 0 Å². The van der Waals surface area contributed by atoms with Gasteiger partial charge >= 0.3 is 0 Å². The Morgan fingerprint density at radius 3 is 2.12 bits per heavy atom. The van der Waals surface area contributed by atoms with Gasteiger partial charge in [-0.05, 0) is 24.8 Å². The standard InChI is InChI=1S/C6H10BrCl/c1-5(3-4-8)6(2)7/h3-4H2,1-2H3. The highest BCUT2D eigenvalue weighted by Crippen LogP contribution is 2.13. The lowest BCUT2D eigenvalue weighted by molar-refractivity contribution is 1.10. The van der Waals surface area contributed by atoms with Crippen LogP contribution in [0.4, 0.5) is 0 Å². The van der Waals surface area contributed by atoms with Crippen molar-refractivity contribution in [2.24, 2.45) is 0 Å². The van der Waals surface area contributed by atoms with Gasteiger partial charge in [0, 0.05) is 5.88 Å². The van der Waals surface area contributed by atoms with Crippen molar-refractivity contribution in [2.75, 3.05) is 5.88 Å². The zero-order valence-electron chi connectivity index (χ0n) is 5.17. The summed E-state index contributed by atoms with van der Waals surface area (Å²) in [6.45, 7) is 4.11. The molecule has 8 heavy (non-hydrogen) atoms. The maximum absolute atomic E-state index is 5.49. The predicted molar refractivity (Wildman–Crippen MR) is 42.6 cm³/mol. The summed E-state index contributed by atoms with van der Waals surface area (Å²) in [5.41, 5.74) is 1.33. The van der Waals surface area contributed by atoms with E-state index in [0.717, 1.165) is 12.3 Å².